The van der Waals surface area contributed by atoms with E-state index in [1.165, 1.54) is 37.2 Å². The monoisotopic (exact) mass is 354 g/mol. The van der Waals surface area contributed by atoms with E-state index in [0.717, 1.165) is 5.56 Å². The molecule has 1 aliphatic heterocycles. The summed E-state index contributed by atoms with van der Waals surface area (Å²) in [5.74, 6) is 0.109. The SMILES string of the molecule is CC(F)CSc1ncc(CN/C=C2\C(=N)C=CN=C2O)cc1Cl. The highest BCUT2D eigenvalue weighted by atomic mass is 35.5. The van der Waals surface area contributed by atoms with E-state index in [2.05, 4.69) is 15.3 Å². The van der Waals surface area contributed by atoms with Crippen molar-refractivity contribution in [2.24, 2.45) is 4.99 Å². The molecule has 0 spiro atoms. The Balaban J connectivity index is 1.96. The number of hydrogen-bond acceptors (Lipinski definition) is 5. The Morgan fingerprint density at radius 2 is 2.35 bits per heavy atom. The molecule has 0 amide bonds. The van der Waals surface area contributed by atoms with Crippen molar-refractivity contribution in [3.05, 3.63) is 46.9 Å². The summed E-state index contributed by atoms with van der Waals surface area (Å²) in [7, 11) is 0. The van der Waals surface area contributed by atoms with Gasteiger partial charge in [-0.3, -0.25) is 5.41 Å². The van der Waals surface area contributed by atoms with Gasteiger partial charge in [-0.15, -0.1) is 11.8 Å². The molecule has 0 saturated carbocycles. The van der Waals surface area contributed by atoms with Gasteiger partial charge in [-0.2, -0.15) is 0 Å². The number of rotatable bonds is 6. The van der Waals surface area contributed by atoms with Gasteiger partial charge in [-0.25, -0.2) is 14.4 Å². The maximum atomic E-state index is 12.8. The minimum atomic E-state index is -0.917. The Hall–Kier alpha value is -1.86. The molecule has 1 aliphatic rings. The number of nitrogens with zero attached hydrogens (tertiary/aromatic N) is 2. The van der Waals surface area contributed by atoms with Crippen LogP contribution < -0.4 is 5.32 Å². The van der Waals surface area contributed by atoms with Gasteiger partial charge < -0.3 is 10.4 Å². The van der Waals surface area contributed by atoms with Gasteiger partial charge in [0, 0.05) is 30.9 Å². The van der Waals surface area contributed by atoms with Crippen LogP contribution in [0.3, 0.4) is 0 Å². The number of nitrogens with one attached hydrogen (secondary N) is 2. The van der Waals surface area contributed by atoms with Crippen LogP contribution in [0.25, 0.3) is 0 Å². The summed E-state index contributed by atoms with van der Waals surface area (Å²) in [6, 6.07) is 1.76. The minimum absolute atomic E-state index is 0.174. The van der Waals surface area contributed by atoms with Gasteiger partial charge in [0.25, 0.3) is 0 Å². The normalized spacial score (nSPS) is 17.3. The van der Waals surface area contributed by atoms with E-state index in [0.29, 0.717) is 27.9 Å². The number of aromatic nitrogens is 1. The molecular weight excluding hydrogens is 339 g/mol. The van der Waals surface area contributed by atoms with Crippen LogP contribution in [0.2, 0.25) is 5.02 Å². The van der Waals surface area contributed by atoms with Gasteiger partial charge in [0.05, 0.1) is 16.3 Å². The summed E-state index contributed by atoms with van der Waals surface area (Å²) < 4.78 is 12.8. The lowest BCUT2D eigenvalue weighted by atomic mass is 10.1. The molecule has 2 rings (SSSR count). The van der Waals surface area contributed by atoms with Crippen molar-refractivity contribution in [1.29, 1.82) is 5.41 Å². The Morgan fingerprint density at radius 1 is 1.57 bits per heavy atom. The Morgan fingerprint density at radius 3 is 3.00 bits per heavy atom. The van der Waals surface area contributed by atoms with Crippen LogP contribution >= 0.6 is 23.4 Å². The van der Waals surface area contributed by atoms with Crippen LogP contribution in [0.4, 0.5) is 4.39 Å². The molecule has 8 heteroatoms. The van der Waals surface area contributed by atoms with E-state index in [1.54, 1.807) is 12.3 Å². The highest BCUT2D eigenvalue weighted by molar-refractivity contribution is 7.99. The average molecular weight is 355 g/mol. The molecule has 1 aromatic rings. The molecule has 0 saturated heterocycles. The number of aliphatic hydroxyl groups is 1. The largest absolute Gasteiger partial charge is 0.493 e. The van der Waals surface area contributed by atoms with Crippen molar-refractivity contribution in [1.82, 2.24) is 10.3 Å². The van der Waals surface area contributed by atoms with Crippen molar-refractivity contribution < 1.29 is 9.50 Å². The van der Waals surface area contributed by atoms with Crippen LogP contribution in [-0.4, -0.2) is 33.6 Å². The smallest absolute Gasteiger partial charge is 0.221 e. The van der Waals surface area contributed by atoms with Crippen molar-refractivity contribution in [3.8, 4) is 0 Å². The molecule has 122 valence electrons. The van der Waals surface area contributed by atoms with Crippen molar-refractivity contribution in [3.63, 3.8) is 0 Å². The Kier molecular flexibility index (Phi) is 6.18. The van der Waals surface area contributed by atoms with Crippen molar-refractivity contribution >= 4 is 35.0 Å². The van der Waals surface area contributed by atoms with Crippen LogP contribution in [0, 0.1) is 5.41 Å². The van der Waals surface area contributed by atoms with Gasteiger partial charge in [-0.05, 0) is 24.6 Å². The van der Waals surface area contributed by atoms with E-state index >= 15 is 0 Å². The summed E-state index contributed by atoms with van der Waals surface area (Å²) in [6.45, 7) is 1.91. The zero-order valence-electron chi connectivity index (χ0n) is 12.4. The topological polar surface area (TPSA) is 81.4 Å². The van der Waals surface area contributed by atoms with E-state index < -0.39 is 6.17 Å². The van der Waals surface area contributed by atoms with Crippen LogP contribution in [0.5, 0.6) is 0 Å². The third-order valence-electron chi connectivity index (χ3n) is 2.84. The predicted molar refractivity (Wildman–Crippen MR) is 92.4 cm³/mol. The van der Waals surface area contributed by atoms with E-state index in [1.807, 2.05) is 0 Å². The number of aliphatic hydroxyl groups excluding tert-OH is 1. The first-order chi connectivity index (χ1) is 11.0. The maximum absolute atomic E-state index is 12.8. The molecule has 1 unspecified atom stereocenters. The lowest BCUT2D eigenvalue weighted by Crippen LogP contribution is -2.17. The second kappa shape index (κ2) is 8.12. The summed E-state index contributed by atoms with van der Waals surface area (Å²) in [6.07, 6.45) is 5.12. The third-order valence-corrected chi connectivity index (χ3v) is 4.46. The van der Waals surface area contributed by atoms with Gasteiger partial charge in [-0.1, -0.05) is 11.6 Å². The second-order valence-corrected chi connectivity index (χ2v) is 6.26. The predicted octanol–water partition coefficient (Wildman–Crippen LogP) is 3.66. The quantitative estimate of drug-likeness (QED) is 0.681. The summed E-state index contributed by atoms with van der Waals surface area (Å²) in [4.78, 5) is 7.95. The molecule has 5 nitrogen and oxygen atoms in total. The molecular formula is C15H16ClFN4OS. The first-order valence-corrected chi connectivity index (χ1v) is 8.21. The molecule has 23 heavy (non-hydrogen) atoms. The van der Waals surface area contributed by atoms with Gasteiger partial charge in [0.15, 0.2) is 0 Å². The molecule has 0 radical (unpaired) electrons. The molecule has 0 bridgehead atoms. The molecule has 1 aromatic heterocycles. The molecule has 0 aliphatic carbocycles. The number of pyridine rings is 1. The molecule has 3 N–H and O–H groups in total. The lowest BCUT2D eigenvalue weighted by molar-refractivity contribution is 0.398. The second-order valence-electron chi connectivity index (χ2n) is 4.84. The number of thioether (sulfide) groups is 1. The zero-order chi connectivity index (χ0) is 16.8. The summed E-state index contributed by atoms with van der Waals surface area (Å²) >= 11 is 7.41. The zero-order valence-corrected chi connectivity index (χ0v) is 14.0. The van der Waals surface area contributed by atoms with E-state index in [4.69, 9.17) is 17.0 Å². The standard InChI is InChI=1S/C15H16ClFN4OS/c1-9(17)8-23-15-12(16)4-10(6-21-15)5-19-7-11-13(18)2-3-20-14(11)22/h2-4,6-7,9,18-19H,5,8H2,1H3,(H,20,22)/b11-7+,18-13?. The molecule has 0 aromatic carbocycles. The fraction of sp³-hybridized carbons (Fsp3) is 0.267. The Bertz CT molecular complexity index is 688. The van der Waals surface area contributed by atoms with Crippen LogP contribution in [-0.2, 0) is 6.54 Å². The summed E-state index contributed by atoms with van der Waals surface area (Å²) in [5.41, 5.74) is 1.32. The molecule has 1 atom stereocenters. The van der Waals surface area contributed by atoms with Gasteiger partial charge in [0.2, 0.25) is 5.90 Å². The molecule has 0 fully saturated rings. The van der Waals surface area contributed by atoms with Crippen LogP contribution in [0.15, 0.2) is 46.3 Å². The number of aliphatic imine (C=N–C) groups is 1. The first-order valence-electron chi connectivity index (χ1n) is 6.85. The summed E-state index contributed by atoms with van der Waals surface area (Å²) in [5, 5.41) is 21.4. The highest BCUT2D eigenvalue weighted by Crippen LogP contribution is 2.26. The van der Waals surface area contributed by atoms with E-state index in [9.17, 15) is 9.50 Å². The number of allylic oxidation sites excluding steroid dienone is 1. The van der Waals surface area contributed by atoms with Gasteiger partial charge >= 0.3 is 0 Å². The number of halogens is 2. The maximum Gasteiger partial charge on any atom is 0.221 e. The minimum Gasteiger partial charge on any atom is -0.493 e. The highest BCUT2D eigenvalue weighted by Gasteiger charge is 2.12. The Labute approximate surface area is 142 Å². The average Bonchev–Trinajstić information content (AvgIpc) is 2.49. The fourth-order valence-corrected chi connectivity index (χ4v) is 2.80. The van der Waals surface area contributed by atoms with Crippen molar-refractivity contribution in [2.45, 2.75) is 24.7 Å². The first kappa shape index (κ1) is 17.5. The third kappa shape index (κ3) is 5.07. The number of alkyl halides is 1. The lowest BCUT2D eigenvalue weighted by Gasteiger charge is -2.09. The fourth-order valence-electron chi connectivity index (χ4n) is 1.74. The van der Waals surface area contributed by atoms with E-state index in [-0.39, 0.29) is 11.6 Å². The van der Waals surface area contributed by atoms with Crippen LogP contribution in [0.1, 0.15) is 12.5 Å². The van der Waals surface area contributed by atoms with Crippen molar-refractivity contribution in [2.75, 3.05) is 5.75 Å². The number of hydrogen-bond donors (Lipinski definition) is 3. The molecule has 2 heterocycles. The van der Waals surface area contributed by atoms with Gasteiger partial charge in [0.1, 0.15) is 11.2 Å².